The molecular weight excluding hydrogens is 388 g/mol. The van der Waals surface area contributed by atoms with Gasteiger partial charge in [-0.15, -0.1) is 0 Å². The van der Waals surface area contributed by atoms with E-state index in [-0.39, 0.29) is 6.03 Å². The lowest BCUT2D eigenvalue weighted by Crippen LogP contribution is -2.19. The quantitative estimate of drug-likeness (QED) is 0.356. The zero-order chi connectivity index (χ0) is 21.3. The molecule has 0 aromatic heterocycles. The summed E-state index contributed by atoms with van der Waals surface area (Å²) in [5, 5.41) is 5.61. The van der Waals surface area contributed by atoms with Crippen molar-refractivity contribution in [3.8, 4) is 17.2 Å². The number of nitrogens with one attached hydrogen (secondary N) is 2. The molecule has 0 saturated heterocycles. The average molecular weight is 410 g/mol. The van der Waals surface area contributed by atoms with E-state index in [1.807, 2.05) is 84.9 Å². The van der Waals surface area contributed by atoms with E-state index in [2.05, 4.69) is 10.6 Å². The summed E-state index contributed by atoms with van der Waals surface area (Å²) in [6.07, 6.45) is 0. The van der Waals surface area contributed by atoms with Gasteiger partial charge in [-0.2, -0.15) is 0 Å². The Morgan fingerprint density at radius 2 is 1.06 bits per heavy atom. The van der Waals surface area contributed by atoms with Crippen molar-refractivity contribution in [2.24, 2.45) is 0 Å². The number of anilines is 2. The van der Waals surface area contributed by atoms with Gasteiger partial charge in [0.25, 0.3) is 0 Å². The molecule has 0 aliphatic carbocycles. The van der Waals surface area contributed by atoms with Crippen molar-refractivity contribution >= 4 is 17.4 Å². The summed E-state index contributed by atoms with van der Waals surface area (Å²) in [6.45, 7) is 0.498. The van der Waals surface area contributed by atoms with Gasteiger partial charge in [0.1, 0.15) is 23.9 Å². The molecule has 0 unspecified atom stereocenters. The van der Waals surface area contributed by atoms with Crippen LogP contribution in [0.3, 0.4) is 0 Å². The van der Waals surface area contributed by atoms with E-state index < -0.39 is 0 Å². The number of carbonyl (C=O) groups is 1. The minimum absolute atomic E-state index is 0.324. The fourth-order valence-corrected chi connectivity index (χ4v) is 2.90. The first-order chi connectivity index (χ1) is 15.2. The molecule has 0 heterocycles. The highest BCUT2D eigenvalue weighted by Crippen LogP contribution is 2.23. The number of hydrogen-bond donors (Lipinski definition) is 2. The predicted molar refractivity (Wildman–Crippen MR) is 123 cm³/mol. The highest BCUT2D eigenvalue weighted by molar-refractivity contribution is 5.99. The molecule has 0 radical (unpaired) electrons. The largest absolute Gasteiger partial charge is 0.489 e. The monoisotopic (exact) mass is 410 g/mol. The molecule has 0 spiro atoms. The highest BCUT2D eigenvalue weighted by Gasteiger charge is 2.04. The van der Waals surface area contributed by atoms with Gasteiger partial charge in [-0.3, -0.25) is 0 Å². The molecule has 4 aromatic carbocycles. The maximum absolute atomic E-state index is 12.3. The van der Waals surface area contributed by atoms with Crippen LogP contribution >= 0.6 is 0 Å². The number of para-hydroxylation sites is 1. The van der Waals surface area contributed by atoms with Gasteiger partial charge in [-0.1, -0.05) is 48.5 Å². The molecule has 31 heavy (non-hydrogen) atoms. The van der Waals surface area contributed by atoms with Crippen LogP contribution in [0, 0.1) is 0 Å². The third-order valence-electron chi connectivity index (χ3n) is 4.45. The predicted octanol–water partition coefficient (Wildman–Crippen LogP) is 6.70. The van der Waals surface area contributed by atoms with Crippen LogP contribution in [-0.4, -0.2) is 6.03 Å². The molecule has 0 saturated carbocycles. The van der Waals surface area contributed by atoms with E-state index in [4.69, 9.17) is 9.47 Å². The number of hydrogen-bond acceptors (Lipinski definition) is 3. The number of ether oxygens (including phenoxy) is 2. The second-order valence-corrected chi connectivity index (χ2v) is 6.82. The van der Waals surface area contributed by atoms with Crippen molar-refractivity contribution in [3.63, 3.8) is 0 Å². The Balaban J connectivity index is 1.26. The summed E-state index contributed by atoms with van der Waals surface area (Å²) in [6, 6.07) is 33.6. The second-order valence-electron chi connectivity index (χ2n) is 6.82. The number of amides is 2. The van der Waals surface area contributed by atoms with Gasteiger partial charge in [0.15, 0.2) is 0 Å². The number of urea groups is 1. The number of rotatable bonds is 7. The van der Waals surface area contributed by atoms with E-state index in [1.54, 1.807) is 24.3 Å². The summed E-state index contributed by atoms with van der Waals surface area (Å²) in [4.78, 5) is 12.3. The van der Waals surface area contributed by atoms with Crippen molar-refractivity contribution < 1.29 is 14.3 Å². The van der Waals surface area contributed by atoms with Gasteiger partial charge in [0, 0.05) is 11.4 Å². The van der Waals surface area contributed by atoms with Crippen molar-refractivity contribution in [1.29, 1.82) is 0 Å². The Bertz CT molecular complexity index is 1100. The van der Waals surface area contributed by atoms with Gasteiger partial charge in [-0.05, 0) is 66.2 Å². The topological polar surface area (TPSA) is 59.6 Å². The van der Waals surface area contributed by atoms with E-state index in [0.29, 0.717) is 23.7 Å². The van der Waals surface area contributed by atoms with Crippen molar-refractivity contribution in [1.82, 2.24) is 0 Å². The maximum atomic E-state index is 12.3. The first-order valence-corrected chi connectivity index (χ1v) is 9.92. The smallest absolute Gasteiger partial charge is 0.323 e. The van der Waals surface area contributed by atoms with Crippen LogP contribution in [0.5, 0.6) is 17.2 Å². The zero-order valence-corrected chi connectivity index (χ0v) is 16.8. The van der Waals surface area contributed by atoms with E-state index in [0.717, 1.165) is 17.1 Å². The van der Waals surface area contributed by atoms with Gasteiger partial charge in [0.2, 0.25) is 0 Å². The molecule has 4 aromatic rings. The molecular formula is C26H22N2O3. The summed E-state index contributed by atoms with van der Waals surface area (Å²) < 4.78 is 11.5. The number of carbonyl (C=O) groups excluding carboxylic acids is 1. The van der Waals surface area contributed by atoms with Gasteiger partial charge < -0.3 is 20.1 Å². The first kappa shape index (κ1) is 20.0. The molecule has 0 bridgehead atoms. The number of benzene rings is 4. The molecule has 4 rings (SSSR count). The van der Waals surface area contributed by atoms with Gasteiger partial charge in [0.05, 0.1) is 0 Å². The average Bonchev–Trinajstić information content (AvgIpc) is 2.81. The van der Waals surface area contributed by atoms with Gasteiger partial charge in [-0.25, -0.2) is 4.79 Å². The Hall–Kier alpha value is -4.25. The summed E-state index contributed by atoms with van der Waals surface area (Å²) in [7, 11) is 0. The van der Waals surface area contributed by atoms with Crippen LogP contribution in [0.15, 0.2) is 109 Å². The third kappa shape index (κ3) is 6.11. The van der Waals surface area contributed by atoms with Crippen LogP contribution in [-0.2, 0) is 6.61 Å². The van der Waals surface area contributed by atoms with Crippen LogP contribution in [0.25, 0.3) is 0 Å². The summed E-state index contributed by atoms with van der Waals surface area (Å²) in [5.74, 6) is 2.20. The van der Waals surface area contributed by atoms with E-state index in [9.17, 15) is 4.79 Å². The van der Waals surface area contributed by atoms with Gasteiger partial charge >= 0.3 is 6.03 Å². The molecule has 0 aliphatic rings. The van der Waals surface area contributed by atoms with E-state index >= 15 is 0 Å². The minimum atomic E-state index is -0.324. The molecule has 5 nitrogen and oxygen atoms in total. The lowest BCUT2D eigenvalue weighted by Gasteiger charge is -2.10. The van der Waals surface area contributed by atoms with Crippen LogP contribution in [0.1, 0.15) is 5.56 Å². The Morgan fingerprint density at radius 1 is 0.581 bits per heavy atom. The molecule has 0 aliphatic heterocycles. The summed E-state index contributed by atoms with van der Waals surface area (Å²) >= 11 is 0. The molecule has 154 valence electrons. The Kier molecular flexibility index (Phi) is 6.45. The maximum Gasteiger partial charge on any atom is 0.323 e. The lowest BCUT2D eigenvalue weighted by molar-refractivity contribution is 0.262. The fourth-order valence-electron chi connectivity index (χ4n) is 2.90. The lowest BCUT2D eigenvalue weighted by atomic mass is 10.2. The highest BCUT2D eigenvalue weighted by atomic mass is 16.5. The van der Waals surface area contributed by atoms with E-state index in [1.165, 1.54) is 0 Å². The minimum Gasteiger partial charge on any atom is -0.489 e. The fraction of sp³-hybridized carbons (Fsp3) is 0.0385. The Labute approximate surface area is 181 Å². The first-order valence-electron chi connectivity index (χ1n) is 9.92. The Morgan fingerprint density at radius 3 is 1.65 bits per heavy atom. The van der Waals surface area contributed by atoms with Crippen LogP contribution in [0.4, 0.5) is 16.2 Å². The molecule has 0 atom stereocenters. The zero-order valence-electron chi connectivity index (χ0n) is 16.8. The van der Waals surface area contributed by atoms with Crippen molar-refractivity contribution in [2.75, 3.05) is 10.6 Å². The van der Waals surface area contributed by atoms with Crippen molar-refractivity contribution in [2.45, 2.75) is 6.61 Å². The molecule has 2 amide bonds. The van der Waals surface area contributed by atoms with Crippen molar-refractivity contribution in [3.05, 3.63) is 115 Å². The third-order valence-corrected chi connectivity index (χ3v) is 4.45. The summed E-state index contributed by atoms with van der Waals surface area (Å²) in [5.41, 5.74) is 2.44. The molecule has 5 heteroatoms. The standard InChI is InChI=1S/C26H22N2O3/c29-26(28-22-13-17-25(18-14-22)31-24-9-5-2-6-10-24)27-21-11-15-23(16-12-21)30-19-20-7-3-1-4-8-20/h1-18H,19H2,(H2,27,28,29). The molecule has 0 fully saturated rings. The normalized spacial score (nSPS) is 10.2. The second kappa shape index (κ2) is 9.98. The van der Waals surface area contributed by atoms with Crippen LogP contribution in [0.2, 0.25) is 0 Å². The SMILES string of the molecule is O=C(Nc1ccc(OCc2ccccc2)cc1)Nc1ccc(Oc2ccccc2)cc1. The molecule has 2 N–H and O–H groups in total. The van der Waals surface area contributed by atoms with Crippen LogP contribution < -0.4 is 20.1 Å².